The fourth-order valence-electron chi connectivity index (χ4n) is 15.5. The molecule has 0 saturated heterocycles. The number of pyridine rings is 1. The first kappa shape index (κ1) is 60.8. The van der Waals surface area contributed by atoms with Crippen molar-refractivity contribution in [1.29, 1.82) is 0 Å². The first-order chi connectivity index (χ1) is 39.8. The summed E-state index contributed by atoms with van der Waals surface area (Å²) in [5, 5.41) is 35.8. The summed E-state index contributed by atoms with van der Waals surface area (Å²) in [7, 11) is 2.02. The molecular formula is C66H91ClN6O8S. The summed E-state index contributed by atoms with van der Waals surface area (Å²) < 4.78 is 32.0. The molecule has 82 heavy (non-hydrogen) atoms. The van der Waals surface area contributed by atoms with E-state index in [1.807, 2.05) is 55.7 Å². The molecule has 14 nitrogen and oxygen atoms in total. The molecule has 446 valence electrons. The lowest BCUT2D eigenvalue weighted by molar-refractivity contribution is -0.105. The Hall–Kier alpha value is -4.29. The van der Waals surface area contributed by atoms with Gasteiger partial charge in [-0.2, -0.15) is 0 Å². The van der Waals surface area contributed by atoms with E-state index in [2.05, 4.69) is 70.6 Å². The number of allylic oxidation sites excluding steroid dienone is 1. The lowest BCUT2D eigenvalue weighted by atomic mass is 9.46. The van der Waals surface area contributed by atoms with Gasteiger partial charge in [-0.25, -0.2) is 9.67 Å². The Kier molecular flexibility index (Phi) is 21.0. The fraction of sp³-hybridized carbons (Fsp3) is 0.636. The zero-order valence-electron chi connectivity index (χ0n) is 49.2. The summed E-state index contributed by atoms with van der Waals surface area (Å²) in [5.74, 6) is 3.02. The molecule has 2 aromatic carbocycles. The smallest absolute Gasteiger partial charge is 0.266 e. The van der Waals surface area contributed by atoms with E-state index >= 15 is 0 Å². The summed E-state index contributed by atoms with van der Waals surface area (Å²) in [6.45, 7) is 12.5. The number of benzene rings is 2. The number of rotatable bonds is 29. The molecular weight excluding hydrogens is 1070 g/mol. The summed E-state index contributed by atoms with van der Waals surface area (Å²) in [4.78, 5) is 21.5. The van der Waals surface area contributed by atoms with Gasteiger partial charge in [0.1, 0.15) is 17.2 Å². The third kappa shape index (κ3) is 14.5. The van der Waals surface area contributed by atoms with Crippen LogP contribution >= 0.6 is 22.9 Å². The van der Waals surface area contributed by atoms with Crippen LogP contribution in [0.3, 0.4) is 0 Å². The summed E-state index contributed by atoms with van der Waals surface area (Å²) >= 11 is 8.35. The zero-order chi connectivity index (χ0) is 57.1. The first-order valence-corrected chi connectivity index (χ1v) is 32.2. The Morgan fingerprint density at radius 1 is 0.841 bits per heavy atom. The number of ether oxygens (including phenoxy) is 5. The number of aromatic nitrogens is 4. The molecule has 1 unspecified atom stereocenters. The number of hydrogen-bond donors (Lipinski definition) is 3. The van der Waals surface area contributed by atoms with Gasteiger partial charge in [0.25, 0.3) is 5.91 Å². The van der Waals surface area contributed by atoms with Gasteiger partial charge in [-0.1, -0.05) is 98.0 Å². The molecule has 1 amide bonds. The van der Waals surface area contributed by atoms with E-state index < -0.39 is 5.60 Å². The number of nitrogens with one attached hydrogen (secondary N) is 1. The second kappa shape index (κ2) is 28.3. The fourth-order valence-corrected chi connectivity index (χ4v) is 17.0. The number of halogens is 1. The maximum atomic E-state index is 14.4. The number of unbranched alkanes of at least 4 members (excludes halogenated alkanes) is 3. The van der Waals surface area contributed by atoms with Crippen LogP contribution in [-0.4, -0.2) is 125 Å². The van der Waals surface area contributed by atoms with Crippen molar-refractivity contribution in [3.8, 4) is 17.0 Å². The Morgan fingerprint density at radius 3 is 2.41 bits per heavy atom. The number of thiophene rings is 1. The van der Waals surface area contributed by atoms with E-state index in [0.29, 0.717) is 106 Å². The quantitative estimate of drug-likeness (QED) is 0.0307. The molecule has 4 fully saturated rings. The molecule has 10 rings (SSSR count). The van der Waals surface area contributed by atoms with Gasteiger partial charge >= 0.3 is 0 Å². The molecule has 8 atom stereocenters. The minimum Gasteiger partial charge on any atom is -0.475 e. The van der Waals surface area contributed by atoms with Gasteiger partial charge < -0.3 is 44.1 Å². The van der Waals surface area contributed by atoms with Gasteiger partial charge in [0.15, 0.2) is 0 Å². The van der Waals surface area contributed by atoms with Crippen LogP contribution in [0.15, 0.2) is 84.7 Å². The van der Waals surface area contributed by atoms with E-state index in [1.165, 1.54) is 36.2 Å². The molecule has 16 heteroatoms. The summed E-state index contributed by atoms with van der Waals surface area (Å²) in [5.41, 5.74) is 5.24. The molecule has 0 bridgehead atoms. The lowest BCUT2D eigenvalue weighted by Crippen LogP contribution is -2.53. The van der Waals surface area contributed by atoms with Crippen LogP contribution in [0.25, 0.3) is 21.2 Å². The van der Waals surface area contributed by atoms with Crippen molar-refractivity contribution in [3.05, 3.63) is 106 Å². The maximum absolute atomic E-state index is 14.4. The highest BCUT2D eigenvalue weighted by atomic mass is 35.5. The van der Waals surface area contributed by atoms with E-state index in [4.69, 9.17) is 35.3 Å². The van der Waals surface area contributed by atoms with Crippen LogP contribution in [0.4, 0.5) is 0 Å². The Labute approximate surface area is 496 Å². The number of aliphatic hydroxyl groups excluding tert-OH is 1. The number of carbonyl (C=O) groups is 1. The van der Waals surface area contributed by atoms with Crippen molar-refractivity contribution in [2.75, 3.05) is 59.9 Å². The van der Waals surface area contributed by atoms with Gasteiger partial charge in [-0.15, -0.1) is 16.4 Å². The van der Waals surface area contributed by atoms with Gasteiger partial charge in [0.2, 0.25) is 5.88 Å². The highest BCUT2D eigenvalue weighted by Gasteiger charge is 2.61. The van der Waals surface area contributed by atoms with Crippen molar-refractivity contribution < 1.29 is 38.7 Å². The molecule has 0 spiro atoms. The molecule has 3 N–H and O–H groups in total. The molecule has 3 heterocycles. The third-order valence-electron chi connectivity index (χ3n) is 20.0. The average Bonchev–Trinajstić information content (AvgIpc) is 4.38. The van der Waals surface area contributed by atoms with Crippen LogP contribution < -0.4 is 10.1 Å². The number of fused-ring (bicyclic) bond motifs is 6. The Balaban J connectivity index is 0.552. The van der Waals surface area contributed by atoms with Gasteiger partial charge in [0, 0.05) is 47.6 Å². The second-order valence-corrected chi connectivity index (χ2v) is 26.5. The zero-order valence-corrected chi connectivity index (χ0v) is 50.8. The molecule has 5 aliphatic carbocycles. The number of amides is 1. The molecule has 4 saturated carbocycles. The standard InChI is InChI=1S/C66H91ClN6O8S/c1-64-28-24-53(74)42-49(64)16-21-54-56-22-23-59(65(56,2)29-25-57(54)64)66(3,76)27-9-5-6-10-32-80-45-51-44-72(71-70-51)31-33-77-34-35-78-36-37-79-38-39-81-60-41-48(26-30-69-60)47-13-11-12-46(40-47)43-73(52-19-17-50(68-4)18-20-52)63(75)62-61(67)55-14-7-8-15-58(55)82-62/h7-8,11-16,26,30,40-41,44,50,52-54,56-57,59,68,74,76H,5-6,9-10,17-25,27-29,31-39,42-43,45H2,1-4H3/t50?,52?,53-,54-,56-,57-,59?,64-,65-,66-/m0/s1. The van der Waals surface area contributed by atoms with Crippen LogP contribution in [-0.2, 0) is 38.6 Å². The lowest BCUT2D eigenvalue weighted by Gasteiger charge is -2.59. The second-order valence-electron chi connectivity index (χ2n) is 25.1. The van der Waals surface area contributed by atoms with Crippen molar-refractivity contribution >= 4 is 38.9 Å². The molecule has 3 aromatic heterocycles. The van der Waals surface area contributed by atoms with Crippen LogP contribution in [0.2, 0.25) is 5.02 Å². The summed E-state index contributed by atoms with van der Waals surface area (Å²) in [6, 6.07) is 20.8. The van der Waals surface area contributed by atoms with E-state index in [-0.39, 0.29) is 28.9 Å². The van der Waals surface area contributed by atoms with Crippen LogP contribution in [0, 0.1) is 34.5 Å². The topological polar surface area (TPSA) is 163 Å². The maximum Gasteiger partial charge on any atom is 0.266 e. The largest absolute Gasteiger partial charge is 0.475 e. The van der Waals surface area contributed by atoms with Crippen molar-refractivity contribution in [1.82, 2.24) is 30.2 Å². The van der Waals surface area contributed by atoms with Gasteiger partial charge in [0.05, 0.1) is 75.7 Å². The predicted octanol–water partition coefficient (Wildman–Crippen LogP) is 12.7. The minimum absolute atomic E-state index is 0.00708. The monoisotopic (exact) mass is 1160 g/mol. The SMILES string of the molecule is CNC1CCC(N(Cc2cccc(-c3ccnc(OCCOCCOCCOCCn4cc(COCCCCCC[C@](C)(O)C5CC[C@H]6[C@@H]7CC=C8C[C@@H](O)CC[C@]8(C)[C@H]7CC[C@]56C)nn4)c3)c2)C(=O)c2sc3ccccc3c2Cl)CC1. The third-order valence-corrected chi connectivity index (χ3v) is 21.6. The summed E-state index contributed by atoms with van der Waals surface area (Å²) in [6.07, 6.45) is 24.1. The van der Waals surface area contributed by atoms with Gasteiger partial charge in [-0.05, 0) is 173 Å². The Morgan fingerprint density at radius 2 is 1.61 bits per heavy atom. The van der Waals surface area contributed by atoms with Crippen molar-refractivity contribution in [2.45, 2.75) is 173 Å². The first-order valence-electron chi connectivity index (χ1n) is 31.0. The Bertz CT molecular complexity index is 2890. The number of hydrogen-bond acceptors (Lipinski definition) is 13. The van der Waals surface area contributed by atoms with E-state index in [0.717, 1.165) is 134 Å². The highest BCUT2D eigenvalue weighted by Crippen LogP contribution is 2.68. The van der Waals surface area contributed by atoms with Crippen molar-refractivity contribution in [2.24, 2.45) is 34.5 Å². The minimum atomic E-state index is -0.631. The average molecular weight is 1160 g/mol. The molecule has 0 radical (unpaired) electrons. The molecule has 0 aliphatic heterocycles. The van der Waals surface area contributed by atoms with Crippen LogP contribution in [0.5, 0.6) is 5.88 Å². The molecule has 5 aromatic rings. The molecule has 5 aliphatic rings. The van der Waals surface area contributed by atoms with E-state index in [9.17, 15) is 15.0 Å². The van der Waals surface area contributed by atoms with E-state index in [1.54, 1.807) is 10.9 Å². The number of aliphatic hydroxyl groups is 2. The predicted molar refractivity (Wildman–Crippen MR) is 324 cm³/mol. The van der Waals surface area contributed by atoms with Crippen molar-refractivity contribution in [3.63, 3.8) is 0 Å². The number of carbonyl (C=O) groups excluding carboxylic acids is 1. The van der Waals surface area contributed by atoms with Crippen LogP contribution in [0.1, 0.15) is 151 Å². The highest BCUT2D eigenvalue weighted by molar-refractivity contribution is 7.21. The number of nitrogens with zero attached hydrogens (tertiary/aromatic N) is 5. The van der Waals surface area contributed by atoms with Gasteiger partial charge in [-0.3, -0.25) is 4.79 Å². The normalized spacial score (nSPS) is 26.9.